The summed E-state index contributed by atoms with van der Waals surface area (Å²) in [6.45, 7) is 0.428. The summed E-state index contributed by atoms with van der Waals surface area (Å²) in [5.41, 5.74) is 0.588. The Morgan fingerprint density at radius 1 is 1.31 bits per heavy atom. The lowest BCUT2D eigenvalue weighted by molar-refractivity contribution is 0.733. The minimum Gasteiger partial charge on any atom is -0.361 e. The van der Waals surface area contributed by atoms with E-state index in [0.717, 1.165) is 0 Å². The van der Waals surface area contributed by atoms with E-state index in [2.05, 4.69) is 46.6 Å². The predicted octanol–water partition coefficient (Wildman–Crippen LogP) is -1.36. The van der Waals surface area contributed by atoms with Crippen LogP contribution < -0.4 is 5.32 Å². The zero-order valence-corrected chi connectivity index (χ0v) is 7.94. The highest BCUT2D eigenvalue weighted by molar-refractivity contribution is 5.41. The lowest BCUT2D eigenvalue weighted by Gasteiger charge is -2.00. The van der Waals surface area contributed by atoms with Gasteiger partial charge in [0.25, 0.3) is 0 Å². The van der Waals surface area contributed by atoms with Crippen LogP contribution in [0.4, 0.5) is 5.82 Å². The Bertz CT molecular complexity index is 582. The lowest BCUT2D eigenvalue weighted by atomic mass is 10.5. The summed E-state index contributed by atoms with van der Waals surface area (Å²) in [6.07, 6.45) is 0. The third-order valence-corrected chi connectivity index (χ3v) is 1.89. The summed E-state index contributed by atoms with van der Waals surface area (Å²) >= 11 is 0. The first kappa shape index (κ1) is 8.64. The van der Waals surface area contributed by atoms with Crippen LogP contribution in [-0.2, 0) is 6.54 Å². The zero-order chi connectivity index (χ0) is 10.8. The maximum absolute atomic E-state index is 4.12. The fourth-order valence-corrected chi connectivity index (χ4v) is 1.17. The molecule has 3 aromatic rings. The van der Waals surface area contributed by atoms with Crippen LogP contribution in [0.15, 0.2) is 12.1 Å². The molecule has 0 unspecified atom stereocenters. The van der Waals surface area contributed by atoms with Gasteiger partial charge in [0.2, 0.25) is 0 Å². The molecule has 0 aliphatic carbocycles. The molecule has 0 aromatic carbocycles. The molecule has 10 heteroatoms. The van der Waals surface area contributed by atoms with E-state index in [0.29, 0.717) is 23.8 Å². The number of aromatic amines is 1. The van der Waals surface area contributed by atoms with Gasteiger partial charge in [-0.2, -0.15) is 5.21 Å². The van der Waals surface area contributed by atoms with Crippen molar-refractivity contribution in [3.63, 3.8) is 0 Å². The van der Waals surface area contributed by atoms with Gasteiger partial charge in [0, 0.05) is 0 Å². The molecule has 0 saturated heterocycles. The number of anilines is 1. The summed E-state index contributed by atoms with van der Waals surface area (Å²) in [7, 11) is 0. The Morgan fingerprint density at radius 2 is 2.31 bits per heavy atom. The average Bonchev–Trinajstić information content (AvgIpc) is 2.97. The number of hydrogen-bond donors (Lipinski definition) is 2. The summed E-state index contributed by atoms with van der Waals surface area (Å²) in [5, 5.41) is 31.4. The van der Waals surface area contributed by atoms with Gasteiger partial charge in [0.15, 0.2) is 11.5 Å². The van der Waals surface area contributed by atoms with Crippen molar-refractivity contribution in [2.24, 2.45) is 0 Å². The number of aromatic nitrogens is 9. The number of nitrogens with one attached hydrogen (secondary N) is 2. The summed E-state index contributed by atoms with van der Waals surface area (Å²) in [4.78, 5) is 0. The second kappa shape index (κ2) is 3.49. The third kappa shape index (κ3) is 1.51. The Labute approximate surface area is 88.0 Å². The molecule has 0 spiro atoms. The molecule has 2 N–H and O–H groups in total. The normalized spacial score (nSPS) is 10.8. The number of rotatable bonds is 3. The number of fused-ring (bicyclic) bond motifs is 1. The Kier molecular flexibility index (Phi) is 1.89. The molecule has 3 aromatic heterocycles. The zero-order valence-electron chi connectivity index (χ0n) is 7.94. The Hall–Kier alpha value is -2.65. The van der Waals surface area contributed by atoms with Gasteiger partial charge in [-0.05, 0) is 22.6 Å². The van der Waals surface area contributed by atoms with Crippen LogP contribution in [-0.4, -0.2) is 45.9 Å². The molecule has 3 heterocycles. The molecule has 0 fully saturated rings. The standard InChI is InChI=1S/C6H6N10/c1-2-6-10-14-15-16(6)11-4(1)7-3-5-8-12-13-9-5/h1-2H,3H2,(H,7,11)(H,8,9,12,13). The van der Waals surface area contributed by atoms with Crippen molar-refractivity contribution >= 4 is 11.5 Å². The van der Waals surface area contributed by atoms with Crippen LogP contribution in [0.2, 0.25) is 0 Å². The number of hydrogen-bond acceptors (Lipinski definition) is 8. The molecule has 0 bridgehead atoms. The van der Waals surface area contributed by atoms with E-state index in [4.69, 9.17) is 0 Å². The van der Waals surface area contributed by atoms with Crippen LogP contribution in [0.25, 0.3) is 5.65 Å². The van der Waals surface area contributed by atoms with Crippen molar-refractivity contribution in [3.8, 4) is 0 Å². The largest absolute Gasteiger partial charge is 0.361 e. The van der Waals surface area contributed by atoms with E-state index < -0.39 is 0 Å². The van der Waals surface area contributed by atoms with Gasteiger partial charge in [0.05, 0.1) is 6.54 Å². The van der Waals surface area contributed by atoms with Crippen LogP contribution >= 0.6 is 0 Å². The first-order chi connectivity index (χ1) is 7.92. The van der Waals surface area contributed by atoms with Crippen molar-refractivity contribution < 1.29 is 0 Å². The summed E-state index contributed by atoms with van der Waals surface area (Å²) < 4.78 is 1.33. The van der Waals surface area contributed by atoms with E-state index in [1.165, 1.54) is 4.63 Å². The van der Waals surface area contributed by atoms with E-state index in [1.54, 1.807) is 12.1 Å². The van der Waals surface area contributed by atoms with Crippen LogP contribution in [0.3, 0.4) is 0 Å². The van der Waals surface area contributed by atoms with Gasteiger partial charge < -0.3 is 5.32 Å². The molecular weight excluding hydrogens is 212 g/mol. The van der Waals surface area contributed by atoms with Gasteiger partial charge in [0.1, 0.15) is 5.82 Å². The maximum Gasteiger partial charge on any atom is 0.200 e. The SMILES string of the molecule is c1cc2nnnn2nc1NCc1nn[nH]n1. The smallest absolute Gasteiger partial charge is 0.200 e. The van der Waals surface area contributed by atoms with Crippen LogP contribution in [0.1, 0.15) is 5.82 Å². The summed E-state index contributed by atoms with van der Waals surface area (Å²) in [5.74, 6) is 1.18. The van der Waals surface area contributed by atoms with E-state index >= 15 is 0 Å². The van der Waals surface area contributed by atoms with Crippen molar-refractivity contribution in [1.82, 2.24) is 45.9 Å². The van der Waals surface area contributed by atoms with Gasteiger partial charge in [-0.1, -0.05) is 5.21 Å². The molecule has 0 radical (unpaired) electrons. The first-order valence-electron chi connectivity index (χ1n) is 4.43. The minimum absolute atomic E-state index is 0.428. The van der Waals surface area contributed by atoms with Gasteiger partial charge in [-0.15, -0.1) is 25.0 Å². The number of tetrazole rings is 2. The monoisotopic (exact) mass is 218 g/mol. The number of nitrogens with zero attached hydrogens (tertiary/aromatic N) is 8. The first-order valence-corrected chi connectivity index (χ1v) is 4.43. The molecule has 10 nitrogen and oxygen atoms in total. The third-order valence-electron chi connectivity index (χ3n) is 1.89. The fraction of sp³-hybridized carbons (Fsp3) is 0.167. The van der Waals surface area contributed by atoms with Crippen molar-refractivity contribution in [1.29, 1.82) is 0 Å². The fourth-order valence-electron chi connectivity index (χ4n) is 1.17. The average molecular weight is 218 g/mol. The van der Waals surface area contributed by atoms with Gasteiger partial charge >= 0.3 is 0 Å². The lowest BCUT2D eigenvalue weighted by Crippen LogP contribution is -2.05. The second-order valence-corrected chi connectivity index (χ2v) is 2.93. The van der Waals surface area contributed by atoms with Gasteiger partial charge in [-0.25, -0.2) is 0 Å². The maximum atomic E-state index is 4.12. The van der Waals surface area contributed by atoms with Crippen molar-refractivity contribution in [3.05, 3.63) is 18.0 Å². The van der Waals surface area contributed by atoms with E-state index in [1.807, 2.05) is 0 Å². The molecule has 0 aliphatic rings. The number of H-pyrrole nitrogens is 1. The highest BCUT2D eigenvalue weighted by atomic mass is 15.6. The second-order valence-electron chi connectivity index (χ2n) is 2.93. The molecule has 80 valence electrons. The molecule has 0 aliphatic heterocycles. The quantitative estimate of drug-likeness (QED) is 0.552. The van der Waals surface area contributed by atoms with Crippen LogP contribution in [0, 0.1) is 0 Å². The minimum atomic E-state index is 0.428. The van der Waals surface area contributed by atoms with E-state index in [9.17, 15) is 0 Å². The Balaban J connectivity index is 1.78. The molecule has 0 amide bonds. The van der Waals surface area contributed by atoms with Crippen LogP contribution in [0.5, 0.6) is 0 Å². The summed E-state index contributed by atoms with van der Waals surface area (Å²) in [6, 6.07) is 3.53. The molecule has 16 heavy (non-hydrogen) atoms. The predicted molar refractivity (Wildman–Crippen MR) is 50.1 cm³/mol. The Morgan fingerprint density at radius 3 is 3.19 bits per heavy atom. The highest BCUT2D eigenvalue weighted by Gasteiger charge is 2.02. The molecule has 0 atom stereocenters. The van der Waals surface area contributed by atoms with Crippen molar-refractivity contribution in [2.75, 3.05) is 5.32 Å². The molecule has 3 rings (SSSR count). The topological polar surface area (TPSA) is 122 Å². The molecular formula is C6H6N10. The highest BCUT2D eigenvalue weighted by Crippen LogP contribution is 2.03. The van der Waals surface area contributed by atoms with Gasteiger partial charge in [-0.3, -0.25) is 0 Å². The van der Waals surface area contributed by atoms with Crippen molar-refractivity contribution in [2.45, 2.75) is 6.54 Å². The molecule has 0 saturated carbocycles. The van der Waals surface area contributed by atoms with E-state index in [-0.39, 0.29) is 0 Å².